The van der Waals surface area contributed by atoms with Gasteiger partial charge in [-0.2, -0.15) is 0 Å². The van der Waals surface area contributed by atoms with Gasteiger partial charge >= 0.3 is 0 Å². The summed E-state index contributed by atoms with van der Waals surface area (Å²) in [6.45, 7) is 6.27. The van der Waals surface area contributed by atoms with Crippen LogP contribution in [-0.2, 0) is 4.74 Å². The van der Waals surface area contributed by atoms with E-state index < -0.39 is 0 Å². The molecular formula is C11H26INO. The number of hydrogen-bond acceptors (Lipinski definition) is 1. The molecule has 0 rings (SSSR count). The largest absolute Gasteiger partial charge is 1.00 e. The Hall–Kier alpha value is 0.650. The minimum Gasteiger partial charge on any atom is -1.00 e. The first kappa shape index (κ1) is 17.1. The first-order valence-corrected chi connectivity index (χ1v) is 5.41. The van der Waals surface area contributed by atoms with E-state index in [2.05, 4.69) is 35.0 Å². The molecule has 1 unspecified atom stereocenters. The molecule has 0 aromatic rings. The highest BCUT2D eigenvalue weighted by Gasteiger charge is 2.17. The average Bonchev–Trinajstić information content (AvgIpc) is 1.98. The van der Waals surface area contributed by atoms with E-state index in [1.54, 1.807) is 0 Å². The van der Waals surface area contributed by atoms with E-state index in [1.807, 2.05) is 0 Å². The molecule has 0 aliphatic heterocycles. The zero-order chi connectivity index (χ0) is 10.3. The molecule has 0 aliphatic carbocycles. The highest BCUT2D eigenvalue weighted by Crippen LogP contribution is 2.08. The van der Waals surface area contributed by atoms with Gasteiger partial charge in [0.25, 0.3) is 0 Å². The number of ether oxygens (including phenoxy) is 1. The zero-order valence-electron chi connectivity index (χ0n) is 10.3. The van der Waals surface area contributed by atoms with E-state index in [0.29, 0.717) is 6.10 Å². The quantitative estimate of drug-likeness (QED) is 0.446. The van der Waals surface area contributed by atoms with Gasteiger partial charge in [0.1, 0.15) is 12.6 Å². The van der Waals surface area contributed by atoms with Crippen molar-refractivity contribution in [1.29, 1.82) is 0 Å². The van der Waals surface area contributed by atoms with Gasteiger partial charge in [-0.15, -0.1) is 0 Å². The summed E-state index contributed by atoms with van der Waals surface area (Å²) in [4.78, 5) is 0. The van der Waals surface area contributed by atoms with E-state index in [-0.39, 0.29) is 24.0 Å². The first-order valence-electron chi connectivity index (χ1n) is 5.41. The standard InChI is InChI=1S/C11H26NO.HI/c1-6-8-9-11(13-7-2)10-12(3,4)5;/h11H,6-10H2,1-5H3;1H/q+1;/p-1. The summed E-state index contributed by atoms with van der Waals surface area (Å²) in [6, 6.07) is 0. The predicted octanol–water partition coefficient (Wildman–Crippen LogP) is -0.708. The molecule has 0 aromatic heterocycles. The van der Waals surface area contributed by atoms with Crippen LogP contribution in [0.15, 0.2) is 0 Å². The Balaban J connectivity index is 0. The molecule has 0 aromatic carbocycles. The van der Waals surface area contributed by atoms with Crippen molar-refractivity contribution in [2.45, 2.75) is 39.2 Å². The third kappa shape index (κ3) is 10.7. The Morgan fingerprint density at radius 1 is 1.14 bits per heavy atom. The topological polar surface area (TPSA) is 9.23 Å². The smallest absolute Gasteiger partial charge is 0.106 e. The van der Waals surface area contributed by atoms with Crippen LogP contribution in [0.3, 0.4) is 0 Å². The van der Waals surface area contributed by atoms with Gasteiger partial charge in [0.05, 0.1) is 21.1 Å². The maximum atomic E-state index is 5.70. The zero-order valence-corrected chi connectivity index (χ0v) is 12.5. The van der Waals surface area contributed by atoms with Gasteiger partial charge in [-0.1, -0.05) is 19.8 Å². The maximum absolute atomic E-state index is 5.70. The predicted molar refractivity (Wildman–Crippen MR) is 57.8 cm³/mol. The maximum Gasteiger partial charge on any atom is 0.106 e. The second-order valence-corrected chi connectivity index (χ2v) is 4.69. The highest BCUT2D eigenvalue weighted by atomic mass is 127. The number of halogens is 1. The molecule has 0 saturated heterocycles. The van der Waals surface area contributed by atoms with Gasteiger partial charge in [-0.25, -0.2) is 0 Å². The third-order valence-electron chi connectivity index (χ3n) is 2.03. The summed E-state index contributed by atoms with van der Waals surface area (Å²) in [5.41, 5.74) is 0. The van der Waals surface area contributed by atoms with Crippen molar-refractivity contribution >= 4 is 0 Å². The number of hydrogen-bond donors (Lipinski definition) is 0. The normalized spacial score (nSPS) is 13.5. The molecule has 2 nitrogen and oxygen atoms in total. The molecule has 0 N–H and O–H groups in total. The van der Waals surface area contributed by atoms with Crippen LogP contribution in [0.1, 0.15) is 33.1 Å². The summed E-state index contributed by atoms with van der Waals surface area (Å²) in [7, 11) is 6.66. The molecule has 3 heteroatoms. The molecule has 0 amide bonds. The van der Waals surface area contributed by atoms with E-state index in [4.69, 9.17) is 4.74 Å². The van der Waals surface area contributed by atoms with E-state index >= 15 is 0 Å². The van der Waals surface area contributed by atoms with Crippen LogP contribution in [0.5, 0.6) is 0 Å². The fourth-order valence-electron chi connectivity index (χ4n) is 1.51. The Labute approximate surface area is 107 Å². The Morgan fingerprint density at radius 2 is 1.71 bits per heavy atom. The van der Waals surface area contributed by atoms with Gasteiger partial charge in [0, 0.05) is 6.61 Å². The molecule has 0 radical (unpaired) electrons. The molecular weight excluding hydrogens is 289 g/mol. The molecule has 88 valence electrons. The van der Waals surface area contributed by atoms with E-state index in [0.717, 1.165) is 17.6 Å². The molecule has 0 fully saturated rings. The lowest BCUT2D eigenvalue weighted by atomic mass is 10.1. The van der Waals surface area contributed by atoms with Crippen LogP contribution in [-0.4, -0.2) is 44.9 Å². The van der Waals surface area contributed by atoms with Crippen molar-refractivity contribution in [1.82, 2.24) is 0 Å². The van der Waals surface area contributed by atoms with Gasteiger partial charge in [-0.3, -0.25) is 0 Å². The molecule has 0 aliphatic rings. The third-order valence-corrected chi connectivity index (χ3v) is 2.03. The molecule has 1 atom stereocenters. The lowest BCUT2D eigenvalue weighted by Crippen LogP contribution is -3.00. The summed E-state index contributed by atoms with van der Waals surface area (Å²) < 4.78 is 6.70. The summed E-state index contributed by atoms with van der Waals surface area (Å²) in [6.07, 6.45) is 4.20. The number of quaternary nitrogens is 1. The molecule has 0 heterocycles. The van der Waals surface area contributed by atoms with Crippen molar-refractivity contribution in [3.8, 4) is 0 Å². The van der Waals surface area contributed by atoms with Gasteiger partial charge in [-0.05, 0) is 13.3 Å². The van der Waals surface area contributed by atoms with Crippen LogP contribution < -0.4 is 24.0 Å². The molecule has 14 heavy (non-hydrogen) atoms. The summed E-state index contributed by atoms with van der Waals surface area (Å²) in [5.74, 6) is 0. The van der Waals surface area contributed by atoms with Crippen molar-refractivity contribution < 1.29 is 33.2 Å². The number of unbranched alkanes of at least 4 members (excludes halogenated alkanes) is 1. The van der Waals surface area contributed by atoms with Gasteiger partial charge in [0.15, 0.2) is 0 Å². The second-order valence-electron chi connectivity index (χ2n) is 4.69. The van der Waals surface area contributed by atoms with Crippen molar-refractivity contribution in [2.75, 3.05) is 34.3 Å². The SMILES string of the molecule is CCCCC(C[N+](C)(C)C)OCC.[I-]. The van der Waals surface area contributed by atoms with Crippen LogP contribution >= 0.6 is 0 Å². The lowest BCUT2D eigenvalue weighted by molar-refractivity contribution is -0.873. The van der Waals surface area contributed by atoms with Crippen LogP contribution in [0.4, 0.5) is 0 Å². The number of rotatable bonds is 7. The Kier molecular flexibility index (Phi) is 10.9. The van der Waals surface area contributed by atoms with E-state index in [9.17, 15) is 0 Å². The summed E-state index contributed by atoms with van der Waals surface area (Å²) >= 11 is 0. The van der Waals surface area contributed by atoms with Crippen molar-refractivity contribution in [2.24, 2.45) is 0 Å². The van der Waals surface area contributed by atoms with Crippen molar-refractivity contribution in [3.63, 3.8) is 0 Å². The fraction of sp³-hybridized carbons (Fsp3) is 1.00. The first-order chi connectivity index (χ1) is 5.99. The number of likely N-dealkylation sites (N-methyl/N-ethyl adjacent to an activating group) is 1. The summed E-state index contributed by atoms with van der Waals surface area (Å²) in [5, 5.41) is 0. The molecule has 0 saturated carbocycles. The van der Waals surface area contributed by atoms with Gasteiger partial charge in [0.2, 0.25) is 0 Å². The highest BCUT2D eigenvalue weighted by molar-refractivity contribution is 4.56. The second kappa shape index (κ2) is 8.92. The van der Waals surface area contributed by atoms with E-state index in [1.165, 1.54) is 19.3 Å². The molecule has 0 spiro atoms. The van der Waals surface area contributed by atoms with Crippen molar-refractivity contribution in [3.05, 3.63) is 0 Å². The average molecular weight is 315 g/mol. The Bertz CT molecular complexity index is 123. The lowest BCUT2D eigenvalue weighted by Gasteiger charge is -2.29. The van der Waals surface area contributed by atoms with Gasteiger partial charge < -0.3 is 33.2 Å². The van der Waals surface area contributed by atoms with Crippen LogP contribution in [0, 0.1) is 0 Å². The van der Waals surface area contributed by atoms with Crippen LogP contribution in [0.25, 0.3) is 0 Å². The Morgan fingerprint density at radius 3 is 2.07 bits per heavy atom. The monoisotopic (exact) mass is 315 g/mol. The van der Waals surface area contributed by atoms with Crippen LogP contribution in [0.2, 0.25) is 0 Å². The molecule has 0 bridgehead atoms. The number of nitrogens with zero attached hydrogens (tertiary/aromatic N) is 1. The minimum absolute atomic E-state index is 0. The fourth-order valence-corrected chi connectivity index (χ4v) is 1.51. The minimum atomic E-state index is 0.